The van der Waals surface area contributed by atoms with Crippen LogP contribution < -0.4 is 0 Å². The molecule has 0 aromatic heterocycles. The molecule has 0 radical (unpaired) electrons. The Labute approximate surface area is 90.5 Å². The Kier molecular flexibility index (Phi) is 5.05. The van der Waals surface area contributed by atoms with Crippen molar-refractivity contribution in [3.8, 4) is 0 Å². The lowest BCUT2D eigenvalue weighted by molar-refractivity contribution is 0.168. The largest absolute Gasteiger partial charge is 0.388 e. The summed E-state index contributed by atoms with van der Waals surface area (Å²) < 4.78 is 0. The van der Waals surface area contributed by atoms with Gasteiger partial charge in [-0.1, -0.05) is 44.2 Å². The van der Waals surface area contributed by atoms with Gasteiger partial charge in [0.1, 0.15) is 0 Å². The van der Waals surface area contributed by atoms with Crippen LogP contribution in [-0.4, -0.2) is 16.1 Å². The third-order valence-electron chi connectivity index (χ3n) is 2.19. The van der Waals surface area contributed by atoms with E-state index >= 15 is 0 Å². The highest BCUT2D eigenvalue weighted by Crippen LogP contribution is 2.23. The van der Waals surface area contributed by atoms with Gasteiger partial charge in [0.05, 0.1) is 6.10 Å². The Morgan fingerprint density at radius 1 is 1.29 bits per heavy atom. The van der Waals surface area contributed by atoms with Gasteiger partial charge >= 0.3 is 0 Å². The second-order valence-electron chi connectivity index (χ2n) is 3.43. The van der Waals surface area contributed by atoms with Crippen LogP contribution in [0.1, 0.15) is 31.9 Å². The highest BCUT2D eigenvalue weighted by atomic mass is 32.2. The first-order valence-corrected chi connectivity index (χ1v) is 6.13. The zero-order chi connectivity index (χ0) is 10.4. The molecule has 1 rings (SSSR count). The summed E-state index contributed by atoms with van der Waals surface area (Å²) in [6.45, 7) is 4.32. The molecule has 0 saturated carbocycles. The van der Waals surface area contributed by atoms with Gasteiger partial charge in [0.25, 0.3) is 0 Å². The molecule has 0 amide bonds. The highest BCUT2D eigenvalue weighted by molar-refractivity contribution is 7.99. The van der Waals surface area contributed by atoms with Gasteiger partial charge in [-0.2, -0.15) is 11.8 Å². The number of hydrogen-bond donors (Lipinski definition) is 1. The summed E-state index contributed by atoms with van der Waals surface area (Å²) in [5.41, 5.74) is 1.02. The van der Waals surface area contributed by atoms with Crippen molar-refractivity contribution in [1.82, 2.24) is 0 Å². The quantitative estimate of drug-likeness (QED) is 0.805. The van der Waals surface area contributed by atoms with Crippen LogP contribution in [0.5, 0.6) is 0 Å². The van der Waals surface area contributed by atoms with Crippen molar-refractivity contribution in [2.24, 2.45) is 0 Å². The molecular formula is C12H18OS. The van der Waals surface area contributed by atoms with Gasteiger partial charge in [0.15, 0.2) is 0 Å². The van der Waals surface area contributed by atoms with Gasteiger partial charge in [0, 0.05) is 5.25 Å². The fraction of sp³-hybridized carbons (Fsp3) is 0.500. The normalized spacial score (nSPS) is 15.1. The summed E-state index contributed by atoms with van der Waals surface area (Å²) in [6.07, 6.45) is 0.521. The first-order chi connectivity index (χ1) is 6.74. The van der Waals surface area contributed by atoms with Crippen LogP contribution in [0.2, 0.25) is 0 Å². The molecule has 2 atom stereocenters. The Hall–Kier alpha value is -0.470. The molecule has 1 N–H and O–H groups in total. The van der Waals surface area contributed by atoms with E-state index in [1.165, 1.54) is 0 Å². The van der Waals surface area contributed by atoms with E-state index < -0.39 is 0 Å². The SMILES string of the molecule is CCSC(C)CC(O)c1ccccc1. The lowest BCUT2D eigenvalue weighted by atomic mass is 10.1. The molecule has 0 saturated heterocycles. The number of thioether (sulfide) groups is 1. The molecule has 2 heteroatoms. The zero-order valence-corrected chi connectivity index (χ0v) is 9.63. The molecule has 1 aromatic carbocycles. The third kappa shape index (κ3) is 3.72. The molecule has 0 bridgehead atoms. The smallest absolute Gasteiger partial charge is 0.0800 e. The van der Waals surface area contributed by atoms with Crippen LogP contribution in [0, 0.1) is 0 Å². The predicted molar refractivity (Wildman–Crippen MR) is 63.6 cm³/mol. The fourth-order valence-corrected chi connectivity index (χ4v) is 2.37. The number of aliphatic hydroxyl groups excluding tert-OH is 1. The molecule has 2 unspecified atom stereocenters. The molecule has 14 heavy (non-hydrogen) atoms. The predicted octanol–water partition coefficient (Wildman–Crippen LogP) is 3.25. The van der Waals surface area contributed by atoms with E-state index in [0.717, 1.165) is 17.7 Å². The van der Waals surface area contributed by atoms with E-state index in [9.17, 15) is 5.11 Å². The van der Waals surface area contributed by atoms with E-state index in [1.54, 1.807) is 0 Å². The minimum absolute atomic E-state index is 0.315. The summed E-state index contributed by atoms with van der Waals surface area (Å²) in [6, 6.07) is 9.87. The van der Waals surface area contributed by atoms with Crippen LogP contribution in [0.4, 0.5) is 0 Å². The van der Waals surface area contributed by atoms with Gasteiger partial charge in [-0.25, -0.2) is 0 Å². The maximum Gasteiger partial charge on any atom is 0.0800 e. The van der Waals surface area contributed by atoms with Crippen molar-refractivity contribution in [1.29, 1.82) is 0 Å². The summed E-state index contributed by atoms with van der Waals surface area (Å²) in [4.78, 5) is 0. The fourth-order valence-electron chi connectivity index (χ4n) is 1.48. The van der Waals surface area contributed by atoms with Crippen molar-refractivity contribution >= 4 is 11.8 Å². The average Bonchev–Trinajstić information content (AvgIpc) is 2.19. The van der Waals surface area contributed by atoms with Crippen molar-refractivity contribution in [2.75, 3.05) is 5.75 Å². The van der Waals surface area contributed by atoms with Crippen molar-refractivity contribution in [3.05, 3.63) is 35.9 Å². The van der Waals surface area contributed by atoms with Crippen molar-refractivity contribution in [2.45, 2.75) is 31.6 Å². The summed E-state index contributed by atoms with van der Waals surface area (Å²) in [5.74, 6) is 1.11. The molecule has 0 aliphatic heterocycles. The van der Waals surface area contributed by atoms with Crippen LogP contribution in [0.3, 0.4) is 0 Å². The molecule has 0 heterocycles. The summed E-state index contributed by atoms with van der Waals surface area (Å²) in [5, 5.41) is 10.4. The van der Waals surface area contributed by atoms with Gasteiger partial charge in [-0.15, -0.1) is 0 Å². The molecule has 0 fully saturated rings. The first kappa shape index (κ1) is 11.6. The lowest BCUT2D eigenvalue weighted by Gasteiger charge is -2.15. The molecule has 1 aromatic rings. The average molecular weight is 210 g/mol. The molecule has 0 spiro atoms. The zero-order valence-electron chi connectivity index (χ0n) is 8.81. The van der Waals surface area contributed by atoms with Gasteiger partial charge in [-0.3, -0.25) is 0 Å². The number of hydrogen-bond acceptors (Lipinski definition) is 2. The van der Waals surface area contributed by atoms with Crippen LogP contribution in [0.25, 0.3) is 0 Å². The van der Waals surface area contributed by atoms with E-state index in [0.29, 0.717) is 5.25 Å². The van der Waals surface area contributed by atoms with Crippen LogP contribution in [-0.2, 0) is 0 Å². The second-order valence-corrected chi connectivity index (χ2v) is 5.14. The minimum atomic E-state index is -0.315. The van der Waals surface area contributed by atoms with E-state index in [-0.39, 0.29) is 6.10 Å². The minimum Gasteiger partial charge on any atom is -0.388 e. The highest BCUT2D eigenvalue weighted by Gasteiger charge is 2.11. The first-order valence-electron chi connectivity index (χ1n) is 5.08. The number of rotatable bonds is 5. The Bertz CT molecular complexity index is 248. The molecular weight excluding hydrogens is 192 g/mol. The number of aliphatic hydroxyl groups is 1. The van der Waals surface area contributed by atoms with E-state index in [2.05, 4.69) is 13.8 Å². The molecule has 78 valence electrons. The van der Waals surface area contributed by atoms with Crippen molar-refractivity contribution in [3.63, 3.8) is 0 Å². The second kappa shape index (κ2) is 6.10. The lowest BCUT2D eigenvalue weighted by Crippen LogP contribution is -2.06. The maximum atomic E-state index is 9.90. The van der Waals surface area contributed by atoms with E-state index in [4.69, 9.17) is 0 Å². The maximum absolute atomic E-state index is 9.90. The Morgan fingerprint density at radius 2 is 1.93 bits per heavy atom. The number of benzene rings is 1. The van der Waals surface area contributed by atoms with E-state index in [1.807, 2.05) is 42.1 Å². The van der Waals surface area contributed by atoms with Crippen LogP contribution >= 0.6 is 11.8 Å². The third-order valence-corrected chi connectivity index (χ3v) is 3.29. The molecule has 1 nitrogen and oxygen atoms in total. The van der Waals surface area contributed by atoms with Gasteiger partial charge in [-0.05, 0) is 17.7 Å². The Morgan fingerprint density at radius 3 is 2.50 bits per heavy atom. The Balaban J connectivity index is 2.46. The van der Waals surface area contributed by atoms with Crippen LogP contribution in [0.15, 0.2) is 30.3 Å². The van der Waals surface area contributed by atoms with Gasteiger partial charge in [0.2, 0.25) is 0 Å². The monoisotopic (exact) mass is 210 g/mol. The van der Waals surface area contributed by atoms with Crippen molar-refractivity contribution < 1.29 is 5.11 Å². The molecule has 0 aliphatic rings. The molecule has 0 aliphatic carbocycles. The summed E-state index contributed by atoms with van der Waals surface area (Å²) >= 11 is 1.89. The van der Waals surface area contributed by atoms with Gasteiger partial charge < -0.3 is 5.11 Å². The standard InChI is InChI=1S/C12H18OS/c1-3-14-10(2)9-12(13)11-7-5-4-6-8-11/h4-8,10,12-13H,3,9H2,1-2H3. The summed E-state index contributed by atoms with van der Waals surface area (Å²) in [7, 11) is 0. The topological polar surface area (TPSA) is 20.2 Å².